The SMILES string of the molecule is C=N/C(=N\c1c(CC2CCC(CNC)N2)cc(Cl)c(-c2cccc3ccccc23)c1F)OCCCN1C2CCC1COC2. The lowest BCUT2D eigenvalue weighted by Gasteiger charge is -2.34. The maximum absolute atomic E-state index is 16.7. The largest absolute Gasteiger partial charge is 0.463 e. The summed E-state index contributed by atoms with van der Waals surface area (Å²) >= 11 is 6.88. The molecule has 3 aliphatic rings. The molecule has 7 nitrogen and oxygen atoms in total. The molecule has 3 aromatic carbocycles. The molecule has 43 heavy (non-hydrogen) atoms. The van der Waals surface area contributed by atoms with Crippen LogP contribution < -0.4 is 10.6 Å². The van der Waals surface area contributed by atoms with Crippen molar-refractivity contribution in [2.75, 3.05) is 40.0 Å². The molecule has 4 atom stereocenters. The smallest absolute Gasteiger partial charge is 0.316 e. The van der Waals surface area contributed by atoms with Gasteiger partial charge in [-0.2, -0.15) is 4.99 Å². The summed E-state index contributed by atoms with van der Waals surface area (Å²) in [7, 11) is 1.96. The molecule has 3 fully saturated rings. The number of likely N-dealkylation sites (N-methyl/N-ethyl adjacent to an activating group) is 1. The second-order valence-corrected chi connectivity index (χ2v) is 12.3. The summed E-state index contributed by atoms with van der Waals surface area (Å²) in [5, 5.41) is 9.22. The lowest BCUT2D eigenvalue weighted by atomic mass is 9.94. The van der Waals surface area contributed by atoms with E-state index in [0.29, 0.717) is 41.7 Å². The average Bonchev–Trinajstić information content (AvgIpc) is 3.54. The summed E-state index contributed by atoms with van der Waals surface area (Å²) in [6.07, 6.45) is 5.84. The highest BCUT2D eigenvalue weighted by Crippen LogP contribution is 2.42. The number of halogens is 2. The van der Waals surface area contributed by atoms with Crippen molar-refractivity contribution in [3.8, 4) is 11.1 Å². The molecule has 0 amide bonds. The maximum Gasteiger partial charge on any atom is 0.316 e. The van der Waals surface area contributed by atoms with Gasteiger partial charge in [-0.15, -0.1) is 0 Å². The van der Waals surface area contributed by atoms with Crippen LogP contribution in [0.4, 0.5) is 10.1 Å². The van der Waals surface area contributed by atoms with Gasteiger partial charge >= 0.3 is 6.02 Å². The van der Waals surface area contributed by atoms with Gasteiger partial charge in [0, 0.05) is 42.8 Å². The fourth-order valence-electron chi connectivity index (χ4n) is 7.06. The highest BCUT2D eigenvalue weighted by molar-refractivity contribution is 6.34. The number of amidine groups is 1. The zero-order valence-corrected chi connectivity index (χ0v) is 25.6. The zero-order valence-electron chi connectivity index (χ0n) is 24.8. The van der Waals surface area contributed by atoms with E-state index < -0.39 is 5.82 Å². The monoisotopic (exact) mass is 605 g/mol. The van der Waals surface area contributed by atoms with Crippen molar-refractivity contribution in [1.29, 1.82) is 0 Å². The van der Waals surface area contributed by atoms with E-state index in [2.05, 4.69) is 32.2 Å². The number of nitrogens with zero attached hydrogens (tertiary/aromatic N) is 3. The van der Waals surface area contributed by atoms with Gasteiger partial charge in [-0.3, -0.25) is 4.90 Å². The summed E-state index contributed by atoms with van der Waals surface area (Å²) < 4.78 is 28.4. The van der Waals surface area contributed by atoms with Crippen LogP contribution in [0.2, 0.25) is 5.02 Å². The molecule has 2 bridgehead atoms. The van der Waals surface area contributed by atoms with E-state index >= 15 is 4.39 Å². The Balaban J connectivity index is 1.28. The van der Waals surface area contributed by atoms with Crippen LogP contribution in [0, 0.1) is 5.82 Å². The Morgan fingerprint density at radius 1 is 1.12 bits per heavy atom. The number of aliphatic imine (C=N–C) groups is 2. The number of nitrogens with one attached hydrogen (secondary N) is 2. The number of hydrogen-bond acceptors (Lipinski definition) is 6. The second kappa shape index (κ2) is 13.8. The Hall–Kier alpha value is -2.88. The van der Waals surface area contributed by atoms with Crippen molar-refractivity contribution in [2.45, 2.75) is 62.7 Å². The number of morpholine rings is 1. The first-order valence-corrected chi connectivity index (χ1v) is 15.8. The van der Waals surface area contributed by atoms with Gasteiger partial charge in [-0.1, -0.05) is 54.1 Å². The number of ether oxygens (including phenoxy) is 2. The average molecular weight is 606 g/mol. The van der Waals surface area contributed by atoms with Crippen molar-refractivity contribution < 1.29 is 13.9 Å². The van der Waals surface area contributed by atoms with Crippen LogP contribution in [0.1, 0.15) is 37.7 Å². The van der Waals surface area contributed by atoms with E-state index in [1.165, 1.54) is 12.8 Å². The zero-order chi connectivity index (χ0) is 29.8. The van der Waals surface area contributed by atoms with Crippen molar-refractivity contribution in [3.63, 3.8) is 0 Å². The molecule has 228 valence electrons. The van der Waals surface area contributed by atoms with Gasteiger partial charge in [0.1, 0.15) is 5.69 Å². The third-order valence-corrected chi connectivity index (χ3v) is 9.41. The van der Waals surface area contributed by atoms with Crippen LogP contribution in [0.15, 0.2) is 58.5 Å². The van der Waals surface area contributed by atoms with Crippen LogP contribution in [0.5, 0.6) is 0 Å². The lowest BCUT2D eigenvalue weighted by molar-refractivity contribution is -0.0162. The van der Waals surface area contributed by atoms with Crippen molar-refractivity contribution in [1.82, 2.24) is 15.5 Å². The molecule has 0 saturated carbocycles. The minimum absolute atomic E-state index is 0.0729. The molecule has 0 spiro atoms. The van der Waals surface area contributed by atoms with Gasteiger partial charge in [0.05, 0.1) is 24.8 Å². The standard InChI is InChI=1S/C34H41ClFN5O2/c1-37-19-25-12-11-24(39-25)17-23-18-30(35)31(29-10-5-8-22-7-3-4-9-28(22)29)32(36)33(23)40-34(38-2)43-16-6-15-41-26-13-14-27(41)21-42-20-26/h3-5,7-10,18,24-27,37,39H,2,6,11-17,19-21H2,1H3/b40-34+. The summed E-state index contributed by atoms with van der Waals surface area (Å²) in [4.78, 5) is 11.3. The predicted molar refractivity (Wildman–Crippen MR) is 173 cm³/mol. The van der Waals surface area contributed by atoms with Gasteiger partial charge < -0.3 is 20.1 Å². The maximum atomic E-state index is 16.7. The number of benzene rings is 3. The molecule has 0 aliphatic carbocycles. The van der Waals surface area contributed by atoms with Crippen LogP contribution in [-0.4, -0.2) is 81.8 Å². The van der Waals surface area contributed by atoms with Gasteiger partial charge in [-0.25, -0.2) is 9.38 Å². The summed E-state index contributed by atoms with van der Waals surface area (Å²) in [5.74, 6) is -0.474. The molecular formula is C34H41ClFN5O2. The third-order valence-electron chi connectivity index (χ3n) is 9.11. The summed E-state index contributed by atoms with van der Waals surface area (Å²) in [6.45, 7) is 7.54. The molecule has 2 N–H and O–H groups in total. The lowest BCUT2D eigenvalue weighted by Crippen LogP contribution is -2.46. The van der Waals surface area contributed by atoms with Crippen molar-refractivity contribution >= 4 is 40.8 Å². The summed E-state index contributed by atoms with van der Waals surface area (Å²) in [5.41, 5.74) is 1.99. The quantitative estimate of drug-likeness (QED) is 0.165. The number of rotatable bonds is 10. The Morgan fingerprint density at radius 3 is 2.67 bits per heavy atom. The van der Waals surface area contributed by atoms with Gasteiger partial charge in [0.25, 0.3) is 0 Å². The topological polar surface area (TPSA) is 70.5 Å². The molecule has 9 heteroatoms. The Morgan fingerprint density at radius 2 is 1.88 bits per heavy atom. The van der Waals surface area contributed by atoms with E-state index in [1.807, 2.05) is 55.6 Å². The first kappa shape index (κ1) is 30.2. The molecule has 3 aromatic rings. The third kappa shape index (κ3) is 6.64. The van der Waals surface area contributed by atoms with Gasteiger partial charge in [0.15, 0.2) is 5.82 Å². The molecule has 3 aliphatic heterocycles. The van der Waals surface area contributed by atoms with E-state index in [4.69, 9.17) is 21.1 Å². The number of fused-ring (bicyclic) bond motifs is 3. The van der Waals surface area contributed by atoms with E-state index in [0.717, 1.165) is 67.5 Å². The first-order valence-electron chi connectivity index (χ1n) is 15.5. The molecular weight excluding hydrogens is 565 g/mol. The van der Waals surface area contributed by atoms with Gasteiger partial charge in [-0.05, 0) is 80.3 Å². The molecule has 0 aromatic heterocycles. The fraction of sp³-hybridized carbons (Fsp3) is 0.471. The van der Waals surface area contributed by atoms with Crippen LogP contribution in [0.25, 0.3) is 21.9 Å². The molecule has 0 radical (unpaired) electrons. The Bertz CT molecular complexity index is 1460. The fourth-order valence-corrected chi connectivity index (χ4v) is 7.37. The molecule has 3 heterocycles. The predicted octanol–water partition coefficient (Wildman–Crippen LogP) is 6.14. The summed E-state index contributed by atoms with van der Waals surface area (Å²) in [6, 6.07) is 17.3. The van der Waals surface area contributed by atoms with Crippen LogP contribution >= 0.6 is 11.6 Å². The highest BCUT2D eigenvalue weighted by Gasteiger charge is 2.36. The van der Waals surface area contributed by atoms with Crippen molar-refractivity contribution in [3.05, 3.63) is 64.9 Å². The van der Waals surface area contributed by atoms with Crippen LogP contribution in [0.3, 0.4) is 0 Å². The Labute approximate surface area is 258 Å². The Kier molecular flexibility index (Phi) is 9.70. The normalized spacial score (nSPS) is 24.1. The first-order chi connectivity index (χ1) is 21.1. The van der Waals surface area contributed by atoms with E-state index in [9.17, 15) is 0 Å². The molecule has 4 unspecified atom stereocenters. The second-order valence-electron chi connectivity index (χ2n) is 11.9. The van der Waals surface area contributed by atoms with E-state index in [-0.39, 0.29) is 17.8 Å². The van der Waals surface area contributed by atoms with Crippen molar-refractivity contribution in [2.24, 2.45) is 9.98 Å². The van der Waals surface area contributed by atoms with Gasteiger partial charge in [0.2, 0.25) is 0 Å². The molecule has 6 rings (SSSR count). The van der Waals surface area contributed by atoms with Crippen LogP contribution in [-0.2, 0) is 15.9 Å². The van der Waals surface area contributed by atoms with E-state index in [1.54, 1.807) is 0 Å². The minimum atomic E-state index is -0.474. The minimum Gasteiger partial charge on any atom is -0.463 e. The number of hydrogen-bond donors (Lipinski definition) is 2. The molecule has 3 saturated heterocycles. The highest BCUT2D eigenvalue weighted by atomic mass is 35.5.